The average molecular weight is 361 g/mol. The van der Waals surface area contributed by atoms with Crippen LogP contribution < -0.4 is 20.9 Å². The summed E-state index contributed by atoms with van der Waals surface area (Å²) in [5, 5.41) is 2.31. The fourth-order valence-electron chi connectivity index (χ4n) is 2.00. The molecule has 0 unspecified atom stereocenters. The number of ether oxygens (including phenoxy) is 1. The summed E-state index contributed by atoms with van der Waals surface area (Å²) in [6.07, 6.45) is 1.37. The zero-order chi connectivity index (χ0) is 18.2. The average Bonchev–Trinajstić information content (AvgIpc) is 3.13. The Balaban J connectivity index is 1.75. The second kappa shape index (κ2) is 8.84. The Morgan fingerprint density at radius 1 is 1.16 bits per heavy atom. The standard InChI is InChI=1S/C17H19N3O4S/c1-11(2)12-6-3-4-7-13(12)24-10-15(21)19-20-17(25)18-16(22)14-8-5-9-23-14/h3-9,11H,10H2,1-2H3,(H,19,21)(H2,18,20,22,25). The van der Waals surface area contributed by atoms with Crippen molar-refractivity contribution in [2.45, 2.75) is 19.8 Å². The normalized spacial score (nSPS) is 10.2. The summed E-state index contributed by atoms with van der Waals surface area (Å²) in [4.78, 5) is 23.5. The van der Waals surface area contributed by atoms with Crippen molar-refractivity contribution < 1.29 is 18.7 Å². The van der Waals surface area contributed by atoms with Crippen molar-refractivity contribution in [3.05, 3.63) is 54.0 Å². The number of thiocarbonyl (C=S) groups is 1. The van der Waals surface area contributed by atoms with Crippen LogP contribution in [0.5, 0.6) is 5.75 Å². The highest BCUT2D eigenvalue weighted by molar-refractivity contribution is 7.80. The first kappa shape index (κ1) is 18.5. The maximum absolute atomic E-state index is 11.8. The van der Waals surface area contributed by atoms with E-state index in [4.69, 9.17) is 21.4 Å². The van der Waals surface area contributed by atoms with Gasteiger partial charge in [0.2, 0.25) is 0 Å². The molecule has 0 atom stereocenters. The van der Waals surface area contributed by atoms with E-state index in [0.29, 0.717) is 5.75 Å². The second-order valence-corrected chi connectivity index (χ2v) is 5.82. The van der Waals surface area contributed by atoms with Crippen LogP contribution in [0.4, 0.5) is 0 Å². The van der Waals surface area contributed by atoms with Gasteiger partial charge in [-0.2, -0.15) is 0 Å². The smallest absolute Gasteiger partial charge is 0.293 e. The third-order valence-corrected chi connectivity index (χ3v) is 3.39. The summed E-state index contributed by atoms with van der Waals surface area (Å²) in [6, 6.07) is 10.6. The maximum Gasteiger partial charge on any atom is 0.293 e. The SMILES string of the molecule is CC(C)c1ccccc1OCC(=O)NNC(=S)NC(=O)c1ccco1. The molecule has 3 N–H and O–H groups in total. The Morgan fingerprint density at radius 2 is 1.92 bits per heavy atom. The minimum atomic E-state index is -0.515. The van der Waals surface area contributed by atoms with Crippen molar-refractivity contribution in [3.63, 3.8) is 0 Å². The number of furan rings is 1. The number of nitrogens with one attached hydrogen (secondary N) is 3. The minimum Gasteiger partial charge on any atom is -0.483 e. The van der Waals surface area contributed by atoms with Crippen LogP contribution in [0.25, 0.3) is 0 Å². The van der Waals surface area contributed by atoms with Gasteiger partial charge in [-0.3, -0.25) is 25.8 Å². The van der Waals surface area contributed by atoms with E-state index < -0.39 is 11.8 Å². The lowest BCUT2D eigenvalue weighted by Crippen LogP contribution is -2.49. The van der Waals surface area contributed by atoms with Crippen molar-refractivity contribution in [3.8, 4) is 5.75 Å². The molecule has 0 aliphatic rings. The molecule has 2 amide bonds. The largest absolute Gasteiger partial charge is 0.483 e. The van der Waals surface area contributed by atoms with Gasteiger partial charge in [-0.1, -0.05) is 32.0 Å². The number of hydrogen-bond donors (Lipinski definition) is 3. The van der Waals surface area contributed by atoms with Crippen molar-refractivity contribution in [2.24, 2.45) is 0 Å². The fourth-order valence-corrected chi connectivity index (χ4v) is 2.14. The highest BCUT2D eigenvalue weighted by Crippen LogP contribution is 2.25. The zero-order valence-electron chi connectivity index (χ0n) is 13.9. The van der Waals surface area contributed by atoms with Gasteiger partial charge in [0.1, 0.15) is 5.75 Å². The van der Waals surface area contributed by atoms with Gasteiger partial charge in [0.15, 0.2) is 17.5 Å². The summed E-state index contributed by atoms with van der Waals surface area (Å²) in [5.41, 5.74) is 5.80. The van der Waals surface area contributed by atoms with Gasteiger partial charge in [0.25, 0.3) is 11.8 Å². The number of carbonyl (C=O) groups is 2. The van der Waals surface area contributed by atoms with E-state index in [0.717, 1.165) is 5.56 Å². The molecular weight excluding hydrogens is 342 g/mol. The van der Waals surface area contributed by atoms with Gasteiger partial charge in [-0.05, 0) is 41.9 Å². The first-order valence-corrected chi connectivity index (χ1v) is 8.03. The number of benzene rings is 1. The summed E-state index contributed by atoms with van der Waals surface area (Å²) < 4.78 is 10.5. The Kier molecular flexibility index (Phi) is 6.53. The maximum atomic E-state index is 11.8. The van der Waals surface area contributed by atoms with Crippen LogP contribution >= 0.6 is 12.2 Å². The van der Waals surface area contributed by atoms with E-state index >= 15 is 0 Å². The highest BCUT2D eigenvalue weighted by Gasteiger charge is 2.12. The van der Waals surface area contributed by atoms with Crippen LogP contribution in [0.1, 0.15) is 35.9 Å². The Hall–Kier alpha value is -2.87. The number of hydrogen-bond acceptors (Lipinski definition) is 5. The summed E-state index contributed by atoms with van der Waals surface area (Å²) in [7, 11) is 0. The topological polar surface area (TPSA) is 92.6 Å². The molecule has 0 radical (unpaired) electrons. The number of rotatable bonds is 5. The van der Waals surface area contributed by atoms with Crippen molar-refractivity contribution in [2.75, 3.05) is 6.61 Å². The Labute approximate surface area is 150 Å². The highest BCUT2D eigenvalue weighted by atomic mass is 32.1. The number of carbonyl (C=O) groups excluding carboxylic acids is 2. The third-order valence-electron chi connectivity index (χ3n) is 3.19. The van der Waals surface area contributed by atoms with Crippen molar-refractivity contribution in [1.29, 1.82) is 0 Å². The molecule has 25 heavy (non-hydrogen) atoms. The van der Waals surface area contributed by atoms with Gasteiger partial charge in [0, 0.05) is 0 Å². The van der Waals surface area contributed by atoms with Gasteiger partial charge < -0.3 is 9.15 Å². The van der Waals surface area contributed by atoms with E-state index in [1.54, 1.807) is 6.07 Å². The molecule has 0 saturated heterocycles. The number of amides is 2. The van der Waals surface area contributed by atoms with E-state index in [1.165, 1.54) is 12.3 Å². The molecule has 132 valence electrons. The van der Waals surface area contributed by atoms with Crippen LogP contribution in [-0.2, 0) is 4.79 Å². The molecule has 0 aliphatic heterocycles. The molecule has 1 heterocycles. The van der Waals surface area contributed by atoms with Crippen LogP contribution in [0.2, 0.25) is 0 Å². The summed E-state index contributed by atoms with van der Waals surface area (Å²) in [5.74, 6) is 0.0965. The Bertz CT molecular complexity index is 744. The lowest BCUT2D eigenvalue weighted by molar-refractivity contribution is -0.123. The van der Waals surface area contributed by atoms with Crippen molar-refractivity contribution >= 4 is 29.1 Å². The molecule has 7 nitrogen and oxygen atoms in total. The molecule has 8 heteroatoms. The fraction of sp³-hybridized carbons (Fsp3) is 0.235. The summed E-state index contributed by atoms with van der Waals surface area (Å²) >= 11 is 4.91. The van der Waals surface area contributed by atoms with Crippen LogP contribution in [0.3, 0.4) is 0 Å². The molecule has 1 aromatic carbocycles. The van der Waals surface area contributed by atoms with Crippen LogP contribution in [-0.4, -0.2) is 23.5 Å². The quantitative estimate of drug-likeness (QED) is 0.558. The van der Waals surface area contributed by atoms with Crippen LogP contribution in [0, 0.1) is 0 Å². The lowest BCUT2D eigenvalue weighted by atomic mass is 10.0. The first-order valence-electron chi connectivity index (χ1n) is 7.62. The zero-order valence-corrected chi connectivity index (χ0v) is 14.7. The van der Waals surface area contributed by atoms with E-state index in [1.807, 2.05) is 38.1 Å². The van der Waals surface area contributed by atoms with E-state index in [2.05, 4.69) is 16.2 Å². The number of hydrazine groups is 1. The van der Waals surface area contributed by atoms with Crippen molar-refractivity contribution in [1.82, 2.24) is 16.2 Å². The first-order chi connectivity index (χ1) is 12.0. The molecule has 2 aromatic rings. The predicted molar refractivity (Wildman–Crippen MR) is 96.1 cm³/mol. The third kappa shape index (κ3) is 5.61. The molecular formula is C17H19N3O4S. The van der Waals surface area contributed by atoms with E-state index in [9.17, 15) is 9.59 Å². The molecule has 1 aromatic heterocycles. The number of para-hydroxylation sites is 1. The predicted octanol–water partition coefficient (Wildman–Crippen LogP) is 2.12. The second-order valence-electron chi connectivity index (χ2n) is 5.41. The van der Waals surface area contributed by atoms with Crippen LogP contribution in [0.15, 0.2) is 47.1 Å². The van der Waals surface area contributed by atoms with Gasteiger partial charge in [-0.15, -0.1) is 0 Å². The van der Waals surface area contributed by atoms with Gasteiger partial charge in [-0.25, -0.2) is 0 Å². The Morgan fingerprint density at radius 3 is 2.60 bits per heavy atom. The monoisotopic (exact) mass is 361 g/mol. The van der Waals surface area contributed by atoms with Gasteiger partial charge in [0.05, 0.1) is 6.26 Å². The minimum absolute atomic E-state index is 0.0580. The molecule has 0 spiro atoms. The molecule has 0 fully saturated rings. The summed E-state index contributed by atoms with van der Waals surface area (Å²) in [6.45, 7) is 3.90. The molecule has 0 aliphatic carbocycles. The molecule has 0 saturated carbocycles. The molecule has 2 rings (SSSR count). The van der Waals surface area contributed by atoms with E-state index in [-0.39, 0.29) is 23.4 Å². The molecule has 0 bridgehead atoms. The lowest BCUT2D eigenvalue weighted by Gasteiger charge is -2.14. The van der Waals surface area contributed by atoms with Gasteiger partial charge >= 0.3 is 0 Å².